The summed E-state index contributed by atoms with van der Waals surface area (Å²) in [5.74, 6) is -0.515. The van der Waals surface area contributed by atoms with Crippen LogP contribution in [0.5, 0.6) is 5.75 Å². The van der Waals surface area contributed by atoms with Crippen molar-refractivity contribution in [2.24, 2.45) is 0 Å². The number of carbonyl (C=O) groups is 1. The number of nitrogens with one attached hydrogen (secondary N) is 2. The summed E-state index contributed by atoms with van der Waals surface area (Å²) in [7, 11) is 1.77. The van der Waals surface area contributed by atoms with E-state index < -0.39 is 25.2 Å². The van der Waals surface area contributed by atoms with Gasteiger partial charge in [0.15, 0.2) is 6.61 Å². The Morgan fingerprint density at radius 1 is 1.42 bits per heavy atom. The molecule has 5 nitrogen and oxygen atoms in total. The molecule has 1 rings (SSSR count). The fourth-order valence-corrected chi connectivity index (χ4v) is 1.18. The second-order valence-electron chi connectivity index (χ2n) is 3.70. The topological polar surface area (TPSA) is 63.2 Å². The van der Waals surface area contributed by atoms with Crippen LogP contribution in [-0.4, -0.2) is 37.3 Å². The molecule has 0 aliphatic carbocycles. The molecule has 1 aromatic rings. The first kappa shape index (κ1) is 15.2. The van der Waals surface area contributed by atoms with Gasteiger partial charge in [-0.05, 0) is 19.2 Å². The molecule has 0 spiro atoms. The van der Waals surface area contributed by atoms with Crippen LogP contribution in [0.15, 0.2) is 18.3 Å². The van der Waals surface area contributed by atoms with Crippen molar-refractivity contribution >= 4 is 5.91 Å². The van der Waals surface area contributed by atoms with Crippen LogP contribution in [0.2, 0.25) is 0 Å². The average Bonchev–Trinajstić information content (AvgIpc) is 2.35. The minimum atomic E-state index is -4.42. The minimum Gasteiger partial charge on any atom is -0.482 e. The van der Waals surface area contributed by atoms with Crippen molar-refractivity contribution in [3.63, 3.8) is 0 Å². The first-order valence-electron chi connectivity index (χ1n) is 5.46. The highest BCUT2D eigenvalue weighted by molar-refractivity contribution is 5.77. The summed E-state index contributed by atoms with van der Waals surface area (Å²) in [6, 6.07) is 3.29. The summed E-state index contributed by atoms with van der Waals surface area (Å²) < 4.78 is 40.5. The molecule has 0 aromatic carbocycles. The molecule has 1 amide bonds. The van der Waals surface area contributed by atoms with Crippen LogP contribution in [-0.2, 0) is 11.3 Å². The van der Waals surface area contributed by atoms with Crippen molar-refractivity contribution in [3.05, 3.63) is 24.0 Å². The summed E-state index contributed by atoms with van der Waals surface area (Å²) in [5.41, 5.74) is 0.788. The van der Waals surface area contributed by atoms with Crippen LogP contribution in [0.25, 0.3) is 0 Å². The number of nitrogens with zero attached hydrogens (tertiary/aromatic N) is 1. The fourth-order valence-electron chi connectivity index (χ4n) is 1.18. The third-order valence-corrected chi connectivity index (χ3v) is 2.01. The highest BCUT2D eigenvalue weighted by atomic mass is 19.4. The number of ether oxygens (including phenoxy) is 1. The number of rotatable bonds is 6. The van der Waals surface area contributed by atoms with Crippen LogP contribution >= 0.6 is 0 Å². The molecule has 1 aromatic heterocycles. The van der Waals surface area contributed by atoms with Gasteiger partial charge in [0, 0.05) is 6.54 Å². The number of aromatic nitrogens is 1. The van der Waals surface area contributed by atoms with E-state index in [-0.39, 0.29) is 0 Å². The van der Waals surface area contributed by atoms with Gasteiger partial charge in [-0.25, -0.2) is 0 Å². The predicted molar refractivity (Wildman–Crippen MR) is 61.6 cm³/mol. The van der Waals surface area contributed by atoms with E-state index >= 15 is 0 Å². The maximum atomic E-state index is 11.8. The van der Waals surface area contributed by atoms with E-state index in [1.807, 2.05) is 0 Å². The van der Waals surface area contributed by atoms with E-state index in [1.54, 1.807) is 24.5 Å². The Balaban J connectivity index is 2.33. The van der Waals surface area contributed by atoms with E-state index in [9.17, 15) is 18.0 Å². The van der Waals surface area contributed by atoms with Gasteiger partial charge in [-0.1, -0.05) is 0 Å². The van der Waals surface area contributed by atoms with Crippen molar-refractivity contribution in [1.29, 1.82) is 0 Å². The Morgan fingerprint density at radius 3 is 2.68 bits per heavy atom. The quantitative estimate of drug-likeness (QED) is 0.809. The molecule has 106 valence electrons. The second-order valence-corrected chi connectivity index (χ2v) is 3.70. The Hall–Kier alpha value is -1.83. The van der Waals surface area contributed by atoms with Crippen LogP contribution in [0.3, 0.4) is 0 Å². The lowest BCUT2D eigenvalue weighted by Gasteiger charge is -2.09. The Labute approximate surface area is 108 Å². The molecular formula is C11H14F3N3O2. The minimum absolute atomic E-state index is 0.321. The monoisotopic (exact) mass is 277 g/mol. The highest BCUT2D eigenvalue weighted by Gasteiger charge is 2.27. The lowest BCUT2D eigenvalue weighted by Crippen LogP contribution is -2.36. The van der Waals surface area contributed by atoms with Crippen LogP contribution < -0.4 is 15.4 Å². The van der Waals surface area contributed by atoms with Gasteiger partial charge in [0.2, 0.25) is 0 Å². The number of amides is 1. The Morgan fingerprint density at radius 2 is 2.16 bits per heavy atom. The summed E-state index contributed by atoms with van der Waals surface area (Å²) in [6.07, 6.45) is -3.02. The maximum Gasteiger partial charge on any atom is 0.405 e. The van der Waals surface area contributed by atoms with E-state index in [0.29, 0.717) is 12.3 Å². The van der Waals surface area contributed by atoms with Gasteiger partial charge >= 0.3 is 6.18 Å². The first-order valence-corrected chi connectivity index (χ1v) is 5.46. The van der Waals surface area contributed by atoms with E-state index in [0.717, 1.165) is 5.69 Å². The second kappa shape index (κ2) is 6.93. The third-order valence-electron chi connectivity index (χ3n) is 2.01. The summed E-state index contributed by atoms with van der Waals surface area (Å²) >= 11 is 0. The van der Waals surface area contributed by atoms with Gasteiger partial charge in [0.1, 0.15) is 12.3 Å². The molecule has 8 heteroatoms. The number of hydrogen-bond donors (Lipinski definition) is 2. The normalized spacial score (nSPS) is 11.2. The first-order chi connectivity index (χ1) is 8.90. The molecule has 0 aliphatic rings. The summed E-state index contributed by atoms with van der Waals surface area (Å²) in [5, 5.41) is 4.62. The van der Waals surface area contributed by atoms with Gasteiger partial charge in [-0.15, -0.1) is 0 Å². The van der Waals surface area contributed by atoms with E-state index in [2.05, 4.69) is 10.3 Å². The maximum absolute atomic E-state index is 11.8. The molecular weight excluding hydrogens is 263 g/mol. The molecule has 0 aliphatic heterocycles. The van der Waals surface area contributed by atoms with Crippen LogP contribution in [0.4, 0.5) is 13.2 Å². The van der Waals surface area contributed by atoms with Gasteiger partial charge in [0.05, 0.1) is 11.9 Å². The lowest BCUT2D eigenvalue weighted by molar-refractivity contribution is -0.139. The predicted octanol–water partition coefficient (Wildman–Crippen LogP) is 0.858. The smallest absolute Gasteiger partial charge is 0.405 e. The fraction of sp³-hybridized carbons (Fsp3) is 0.455. The van der Waals surface area contributed by atoms with Crippen molar-refractivity contribution in [2.45, 2.75) is 12.7 Å². The third kappa shape index (κ3) is 6.61. The molecule has 0 unspecified atom stereocenters. The molecule has 19 heavy (non-hydrogen) atoms. The number of pyridine rings is 1. The van der Waals surface area contributed by atoms with Crippen molar-refractivity contribution in [2.75, 3.05) is 20.2 Å². The van der Waals surface area contributed by atoms with Crippen LogP contribution in [0, 0.1) is 0 Å². The molecule has 0 radical (unpaired) electrons. The number of carbonyl (C=O) groups excluding carboxylic acids is 1. The van der Waals surface area contributed by atoms with Crippen molar-refractivity contribution in [3.8, 4) is 5.75 Å². The van der Waals surface area contributed by atoms with Crippen LogP contribution in [0.1, 0.15) is 5.69 Å². The van der Waals surface area contributed by atoms with Gasteiger partial charge in [-0.3, -0.25) is 9.78 Å². The average molecular weight is 277 g/mol. The molecule has 0 saturated heterocycles. The Kier molecular flexibility index (Phi) is 5.56. The molecule has 0 atom stereocenters. The molecule has 0 saturated carbocycles. The zero-order valence-corrected chi connectivity index (χ0v) is 10.3. The number of hydrogen-bond acceptors (Lipinski definition) is 4. The SMILES string of the molecule is CNCc1ccc(OCC(=O)NCC(F)(F)F)cn1. The zero-order valence-electron chi connectivity index (χ0n) is 10.3. The standard InChI is InChI=1S/C11H14F3N3O2/c1-15-4-8-2-3-9(5-16-8)19-6-10(18)17-7-11(12,13)14/h2-3,5,15H,4,6-7H2,1H3,(H,17,18). The van der Waals surface area contributed by atoms with E-state index in [1.165, 1.54) is 6.20 Å². The summed E-state index contributed by atoms with van der Waals surface area (Å²) in [6.45, 7) is -1.26. The van der Waals surface area contributed by atoms with Crippen molar-refractivity contribution in [1.82, 2.24) is 15.6 Å². The van der Waals surface area contributed by atoms with Gasteiger partial charge in [-0.2, -0.15) is 13.2 Å². The molecule has 1 heterocycles. The van der Waals surface area contributed by atoms with E-state index in [4.69, 9.17) is 4.74 Å². The Bertz CT molecular complexity index is 407. The molecule has 0 fully saturated rings. The summed E-state index contributed by atoms with van der Waals surface area (Å²) in [4.78, 5) is 15.1. The van der Waals surface area contributed by atoms with Crippen molar-refractivity contribution < 1.29 is 22.7 Å². The molecule has 0 bridgehead atoms. The number of alkyl halides is 3. The molecule has 2 N–H and O–H groups in total. The van der Waals surface area contributed by atoms with Gasteiger partial charge in [0.25, 0.3) is 5.91 Å². The lowest BCUT2D eigenvalue weighted by atomic mass is 10.3. The largest absolute Gasteiger partial charge is 0.482 e. The van der Waals surface area contributed by atoms with Gasteiger partial charge < -0.3 is 15.4 Å². The highest BCUT2D eigenvalue weighted by Crippen LogP contribution is 2.12. The number of halogens is 3. The zero-order chi connectivity index (χ0) is 14.3.